The molecule has 1 aliphatic rings. The highest BCUT2D eigenvalue weighted by molar-refractivity contribution is 5.69. The molecular weight excluding hydrogens is 364 g/mol. The molecule has 6 heteroatoms. The second-order valence-electron chi connectivity index (χ2n) is 8.19. The lowest BCUT2D eigenvalue weighted by Crippen LogP contribution is -2.18. The summed E-state index contributed by atoms with van der Waals surface area (Å²) in [5.41, 5.74) is 3.30. The molecule has 0 bridgehead atoms. The van der Waals surface area contributed by atoms with Crippen molar-refractivity contribution in [2.24, 2.45) is 5.92 Å². The number of hydrogen-bond acceptors (Lipinski definition) is 6. The number of rotatable bonds is 6. The van der Waals surface area contributed by atoms with Gasteiger partial charge in [0.15, 0.2) is 0 Å². The zero-order valence-corrected chi connectivity index (χ0v) is 17.3. The van der Waals surface area contributed by atoms with Crippen molar-refractivity contribution in [2.45, 2.75) is 45.6 Å². The van der Waals surface area contributed by atoms with Crippen LogP contribution < -0.4 is 4.74 Å². The third-order valence-corrected chi connectivity index (χ3v) is 5.30. The molecule has 0 radical (unpaired) electrons. The molecule has 3 heterocycles. The van der Waals surface area contributed by atoms with Crippen LogP contribution in [0.3, 0.4) is 0 Å². The van der Waals surface area contributed by atoms with Crippen LogP contribution in [0.4, 0.5) is 0 Å². The van der Waals surface area contributed by atoms with E-state index in [0.29, 0.717) is 35.8 Å². The van der Waals surface area contributed by atoms with Crippen LogP contribution in [-0.4, -0.2) is 31.6 Å². The average Bonchev–Trinajstić information content (AvgIpc) is 3.46. The van der Waals surface area contributed by atoms with Crippen LogP contribution in [-0.2, 0) is 5.60 Å². The Morgan fingerprint density at radius 3 is 2.59 bits per heavy atom. The summed E-state index contributed by atoms with van der Waals surface area (Å²) < 4.78 is 6.14. The standard InChI is InChI=1S/C23H26N4O2/c1-14-17(8-9-21(26-14)23(3,4)28)19-12-25-15(2)27-22(19)29-13-16-11-18(16)20-7-5-6-10-24-20/h5-10,12,16,18,28H,11,13H2,1-4H3/t16?,18-/m1/s1. The Morgan fingerprint density at radius 2 is 1.90 bits per heavy atom. The van der Waals surface area contributed by atoms with Crippen LogP contribution in [0.5, 0.6) is 5.88 Å². The molecule has 2 atom stereocenters. The highest BCUT2D eigenvalue weighted by Gasteiger charge is 2.40. The van der Waals surface area contributed by atoms with Crippen LogP contribution in [0.25, 0.3) is 11.1 Å². The molecule has 1 fully saturated rings. The summed E-state index contributed by atoms with van der Waals surface area (Å²) in [6, 6.07) is 9.82. The minimum atomic E-state index is -0.987. The van der Waals surface area contributed by atoms with Gasteiger partial charge in [-0.3, -0.25) is 9.97 Å². The quantitative estimate of drug-likeness (QED) is 0.686. The van der Waals surface area contributed by atoms with Gasteiger partial charge >= 0.3 is 0 Å². The predicted molar refractivity (Wildman–Crippen MR) is 111 cm³/mol. The summed E-state index contributed by atoms with van der Waals surface area (Å²) in [7, 11) is 0. The summed E-state index contributed by atoms with van der Waals surface area (Å²) in [6.45, 7) is 7.83. The van der Waals surface area contributed by atoms with Crippen LogP contribution in [0, 0.1) is 19.8 Å². The summed E-state index contributed by atoms with van der Waals surface area (Å²) in [6.07, 6.45) is 4.70. The van der Waals surface area contributed by atoms with Gasteiger partial charge < -0.3 is 9.84 Å². The van der Waals surface area contributed by atoms with E-state index in [1.165, 1.54) is 0 Å². The molecular formula is C23H26N4O2. The lowest BCUT2D eigenvalue weighted by molar-refractivity contribution is 0.0737. The number of nitrogens with zero attached hydrogens (tertiary/aromatic N) is 4. The van der Waals surface area contributed by atoms with Gasteiger partial charge in [0, 0.05) is 41.2 Å². The van der Waals surface area contributed by atoms with Crippen molar-refractivity contribution < 1.29 is 9.84 Å². The molecule has 29 heavy (non-hydrogen) atoms. The number of ether oxygens (including phenoxy) is 1. The Balaban J connectivity index is 1.54. The molecule has 150 valence electrons. The predicted octanol–water partition coefficient (Wildman–Crippen LogP) is 3.96. The fraction of sp³-hybridized carbons (Fsp3) is 0.391. The monoisotopic (exact) mass is 390 g/mol. The Kier molecular flexibility index (Phi) is 5.04. The summed E-state index contributed by atoms with van der Waals surface area (Å²) in [5, 5.41) is 10.2. The smallest absolute Gasteiger partial charge is 0.224 e. The number of pyridine rings is 2. The van der Waals surface area contributed by atoms with E-state index in [9.17, 15) is 5.11 Å². The Hall–Kier alpha value is -2.86. The van der Waals surface area contributed by atoms with Crippen molar-refractivity contribution in [2.75, 3.05) is 6.61 Å². The molecule has 0 amide bonds. The fourth-order valence-corrected chi connectivity index (χ4v) is 3.51. The Morgan fingerprint density at radius 1 is 1.07 bits per heavy atom. The largest absolute Gasteiger partial charge is 0.477 e. The molecule has 1 saturated carbocycles. The molecule has 0 aliphatic heterocycles. The first-order valence-corrected chi connectivity index (χ1v) is 9.91. The van der Waals surface area contributed by atoms with E-state index in [0.717, 1.165) is 28.9 Å². The third-order valence-electron chi connectivity index (χ3n) is 5.30. The first-order valence-electron chi connectivity index (χ1n) is 9.91. The second-order valence-corrected chi connectivity index (χ2v) is 8.19. The van der Waals surface area contributed by atoms with Crippen LogP contribution in [0.2, 0.25) is 0 Å². The molecule has 0 aromatic carbocycles. The van der Waals surface area contributed by atoms with Gasteiger partial charge in [0.2, 0.25) is 5.88 Å². The molecule has 1 aliphatic carbocycles. The number of aromatic nitrogens is 4. The third kappa shape index (κ3) is 4.27. The molecule has 3 aromatic rings. The van der Waals surface area contributed by atoms with E-state index in [1.807, 2.05) is 44.3 Å². The maximum absolute atomic E-state index is 10.2. The van der Waals surface area contributed by atoms with Crippen molar-refractivity contribution in [1.29, 1.82) is 0 Å². The van der Waals surface area contributed by atoms with Crippen molar-refractivity contribution in [3.63, 3.8) is 0 Å². The number of aliphatic hydroxyl groups is 1. The van der Waals surface area contributed by atoms with Gasteiger partial charge in [-0.1, -0.05) is 12.1 Å². The maximum atomic E-state index is 10.2. The summed E-state index contributed by atoms with van der Waals surface area (Å²) >= 11 is 0. The molecule has 1 unspecified atom stereocenters. The molecule has 3 aromatic heterocycles. The zero-order chi connectivity index (χ0) is 20.6. The molecule has 4 rings (SSSR count). The molecule has 1 N–H and O–H groups in total. The molecule has 6 nitrogen and oxygen atoms in total. The van der Waals surface area contributed by atoms with E-state index in [-0.39, 0.29) is 0 Å². The minimum absolute atomic E-state index is 0.449. The normalized spacial score (nSPS) is 18.5. The van der Waals surface area contributed by atoms with Crippen LogP contribution in [0.15, 0.2) is 42.7 Å². The minimum Gasteiger partial charge on any atom is -0.477 e. The van der Waals surface area contributed by atoms with E-state index in [1.54, 1.807) is 20.0 Å². The SMILES string of the molecule is Cc1ncc(-c2ccc(C(C)(C)O)nc2C)c(OCC2C[C@H]2c2ccccn2)n1. The first-order chi connectivity index (χ1) is 13.8. The topological polar surface area (TPSA) is 81.0 Å². The first kappa shape index (κ1) is 19.5. The molecule has 0 saturated heterocycles. The van der Waals surface area contributed by atoms with E-state index >= 15 is 0 Å². The Bertz CT molecular complexity index is 1020. The van der Waals surface area contributed by atoms with Crippen molar-refractivity contribution >= 4 is 0 Å². The van der Waals surface area contributed by atoms with Gasteiger partial charge in [0.1, 0.15) is 11.4 Å². The second kappa shape index (κ2) is 7.52. The number of aryl methyl sites for hydroxylation is 2. The van der Waals surface area contributed by atoms with E-state index in [4.69, 9.17) is 4.74 Å². The fourth-order valence-electron chi connectivity index (χ4n) is 3.51. The van der Waals surface area contributed by atoms with Gasteiger partial charge in [0.25, 0.3) is 0 Å². The van der Waals surface area contributed by atoms with Crippen LogP contribution in [0.1, 0.15) is 49.1 Å². The maximum Gasteiger partial charge on any atom is 0.224 e. The lowest BCUT2D eigenvalue weighted by atomic mass is 10.0. The Labute approximate surface area is 171 Å². The van der Waals surface area contributed by atoms with Gasteiger partial charge in [-0.05, 0) is 52.3 Å². The van der Waals surface area contributed by atoms with Gasteiger partial charge in [-0.25, -0.2) is 4.98 Å². The highest BCUT2D eigenvalue weighted by atomic mass is 16.5. The van der Waals surface area contributed by atoms with Crippen molar-refractivity contribution in [3.05, 3.63) is 65.6 Å². The zero-order valence-electron chi connectivity index (χ0n) is 17.3. The van der Waals surface area contributed by atoms with Crippen molar-refractivity contribution in [3.8, 4) is 17.0 Å². The van der Waals surface area contributed by atoms with Gasteiger partial charge in [-0.2, -0.15) is 4.98 Å². The highest BCUT2D eigenvalue weighted by Crippen LogP contribution is 2.47. The van der Waals surface area contributed by atoms with Gasteiger partial charge in [0.05, 0.1) is 17.9 Å². The number of hydrogen-bond donors (Lipinski definition) is 1. The van der Waals surface area contributed by atoms with Crippen molar-refractivity contribution in [1.82, 2.24) is 19.9 Å². The van der Waals surface area contributed by atoms with E-state index in [2.05, 4.69) is 26.0 Å². The summed E-state index contributed by atoms with van der Waals surface area (Å²) in [5.74, 6) is 2.14. The van der Waals surface area contributed by atoms with Crippen LogP contribution >= 0.6 is 0 Å². The lowest BCUT2D eigenvalue weighted by Gasteiger charge is -2.18. The van der Waals surface area contributed by atoms with Gasteiger partial charge in [-0.15, -0.1) is 0 Å². The average molecular weight is 390 g/mol. The molecule has 0 spiro atoms. The summed E-state index contributed by atoms with van der Waals surface area (Å²) in [4.78, 5) is 17.9. The van der Waals surface area contributed by atoms with E-state index < -0.39 is 5.60 Å².